The Morgan fingerprint density at radius 3 is 2.81 bits per heavy atom. The van der Waals surface area contributed by atoms with E-state index in [2.05, 4.69) is 20.5 Å². The minimum absolute atomic E-state index is 0.0226. The summed E-state index contributed by atoms with van der Waals surface area (Å²) in [6, 6.07) is 8.50. The number of fused-ring (bicyclic) bond motifs is 6. The van der Waals surface area contributed by atoms with Crippen molar-refractivity contribution in [1.29, 1.82) is 0 Å². The van der Waals surface area contributed by atoms with Crippen molar-refractivity contribution in [3.05, 3.63) is 47.5 Å². The van der Waals surface area contributed by atoms with Crippen molar-refractivity contribution in [1.82, 2.24) is 20.6 Å². The second-order valence-electron chi connectivity index (χ2n) is 13.4. The lowest BCUT2D eigenvalue weighted by Crippen LogP contribution is -2.60. The topological polar surface area (TPSA) is 112 Å². The van der Waals surface area contributed by atoms with Crippen LogP contribution in [0.3, 0.4) is 0 Å². The predicted molar refractivity (Wildman–Crippen MR) is 172 cm³/mol. The fourth-order valence-electron chi connectivity index (χ4n) is 8.11. The number of aromatic nitrogens is 2. The molecule has 12 heteroatoms. The minimum atomic E-state index is -1.11. The Morgan fingerprint density at radius 2 is 1.96 bits per heavy atom. The number of ether oxygens (including phenoxy) is 2. The van der Waals surface area contributed by atoms with Gasteiger partial charge in [-0.15, -0.1) is 0 Å². The number of alkyl halides is 1. The monoisotopic (exact) mass is 649 g/mol. The molecule has 3 unspecified atom stereocenters. The number of nitrogens with one attached hydrogen (secondary N) is 2. The molecular formula is C35H38F3N5O4. The lowest BCUT2D eigenvalue weighted by molar-refractivity contribution is 0.0859. The van der Waals surface area contributed by atoms with Gasteiger partial charge in [0.25, 0.3) is 0 Å². The first kappa shape index (κ1) is 30.5. The Kier molecular flexibility index (Phi) is 7.76. The Morgan fingerprint density at radius 1 is 1.09 bits per heavy atom. The second-order valence-corrected chi connectivity index (χ2v) is 13.4. The number of benzene rings is 3. The van der Waals surface area contributed by atoms with Gasteiger partial charge in [-0.1, -0.05) is 25.1 Å². The molecule has 0 amide bonds. The molecule has 0 radical (unpaired) electrons. The zero-order valence-corrected chi connectivity index (χ0v) is 26.1. The number of nitrogens with zero attached hydrogens (tertiary/aromatic N) is 3. The van der Waals surface area contributed by atoms with Crippen molar-refractivity contribution in [3.8, 4) is 28.6 Å². The van der Waals surface area contributed by atoms with Gasteiger partial charge in [-0.2, -0.15) is 9.97 Å². The van der Waals surface area contributed by atoms with Crippen molar-refractivity contribution in [3.63, 3.8) is 0 Å². The van der Waals surface area contributed by atoms with Crippen LogP contribution in [0, 0.1) is 17.6 Å². The minimum Gasteiger partial charge on any atom is -0.508 e. The number of anilines is 1. The summed E-state index contributed by atoms with van der Waals surface area (Å²) in [5.74, 6) is -2.03. The van der Waals surface area contributed by atoms with Gasteiger partial charge in [0.2, 0.25) is 0 Å². The SMILES string of the molecule is CCc1cccc2cc(O)cc(-c3c(F)c4c5c(nc(OC[C@H]6C[C@H](O)CNC[C@H](F)C6)nc5c3F)N3CC5CCC(N5)C3CO4)c12. The molecular weight excluding hydrogens is 611 g/mol. The molecule has 3 saturated heterocycles. The van der Waals surface area contributed by atoms with E-state index in [9.17, 15) is 14.6 Å². The number of hydrogen-bond acceptors (Lipinski definition) is 9. The highest BCUT2D eigenvalue weighted by Crippen LogP contribution is 2.48. The fraction of sp³-hybridized carbons (Fsp3) is 0.486. The van der Waals surface area contributed by atoms with Crippen molar-refractivity contribution in [2.45, 2.75) is 69.4 Å². The van der Waals surface area contributed by atoms with Crippen LogP contribution in [0.15, 0.2) is 30.3 Å². The number of phenolic OH excluding ortho intramolecular Hbond substituents is 1. The second kappa shape index (κ2) is 12.0. The number of β-amino-alcohol motifs (C(OH)–C–C–N with tert-alkyl or cyclic N) is 1. The van der Waals surface area contributed by atoms with Crippen LogP contribution in [0.4, 0.5) is 19.0 Å². The van der Waals surface area contributed by atoms with Crippen LogP contribution in [0.2, 0.25) is 0 Å². The van der Waals surface area contributed by atoms with E-state index in [4.69, 9.17) is 14.5 Å². The number of aliphatic hydroxyl groups excluding tert-OH is 1. The molecule has 6 atom stereocenters. The summed E-state index contributed by atoms with van der Waals surface area (Å²) in [6.45, 7) is 3.14. The van der Waals surface area contributed by atoms with E-state index in [1.54, 1.807) is 12.1 Å². The Hall–Kier alpha value is -3.87. The van der Waals surface area contributed by atoms with Crippen molar-refractivity contribution in [2.75, 3.05) is 37.7 Å². The summed E-state index contributed by atoms with van der Waals surface area (Å²) in [4.78, 5) is 11.3. The highest BCUT2D eigenvalue weighted by molar-refractivity contribution is 6.05. The molecule has 4 aromatic rings. The molecule has 9 nitrogen and oxygen atoms in total. The van der Waals surface area contributed by atoms with Crippen LogP contribution in [0.5, 0.6) is 17.5 Å². The first-order chi connectivity index (χ1) is 22.8. The van der Waals surface area contributed by atoms with Gasteiger partial charge in [0.1, 0.15) is 29.9 Å². The summed E-state index contributed by atoms with van der Waals surface area (Å²) in [5.41, 5.74) is 0.571. The fourth-order valence-corrected chi connectivity index (χ4v) is 8.11. The number of halogens is 3. The van der Waals surface area contributed by atoms with Gasteiger partial charge in [-0.3, -0.25) is 0 Å². The summed E-state index contributed by atoms with van der Waals surface area (Å²) in [7, 11) is 0. The van der Waals surface area contributed by atoms with Crippen molar-refractivity contribution >= 4 is 27.5 Å². The molecule has 248 valence electrons. The van der Waals surface area contributed by atoms with Crippen LogP contribution in [0.1, 0.15) is 38.2 Å². The predicted octanol–water partition coefficient (Wildman–Crippen LogP) is 4.78. The van der Waals surface area contributed by atoms with Gasteiger partial charge >= 0.3 is 6.01 Å². The molecule has 0 saturated carbocycles. The van der Waals surface area contributed by atoms with Gasteiger partial charge in [0.05, 0.1) is 29.7 Å². The number of piperazine rings is 1. The standard InChI is InChI=1S/C35H38F3N5O4/c1-2-18-4-3-5-19-10-22(44)11-24(27(18)19)28-30(37)32-29-33(31(28)38)46-16-26-25-7-6-21(40-25)14-43(26)34(29)42-35(41-32)47-15-17-8-20(36)12-39-13-23(45)9-17/h3-5,10-11,17,20-21,23,25-26,39-40,44-45H,2,6-9,12-16H2,1H3/t17-,20-,21?,23+,25?,26?/m1/s1. The smallest absolute Gasteiger partial charge is 0.319 e. The van der Waals surface area contributed by atoms with E-state index in [0.717, 1.165) is 18.4 Å². The molecule has 4 N–H and O–H groups in total. The third-order valence-electron chi connectivity index (χ3n) is 10.3. The molecule has 4 aliphatic rings. The average molecular weight is 650 g/mol. The largest absolute Gasteiger partial charge is 0.508 e. The summed E-state index contributed by atoms with van der Waals surface area (Å²) in [6.07, 6.45) is 1.23. The number of aliphatic hydroxyl groups is 1. The molecule has 3 fully saturated rings. The van der Waals surface area contributed by atoms with E-state index < -0.39 is 23.9 Å². The molecule has 5 heterocycles. The van der Waals surface area contributed by atoms with Crippen molar-refractivity contribution < 1.29 is 32.9 Å². The zero-order chi connectivity index (χ0) is 32.4. The summed E-state index contributed by atoms with van der Waals surface area (Å²) in [5, 5.41) is 29.0. The van der Waals surface area contributed by atoms with Crippen LogP contribution in [-0.4, -0.2) is 83.4 Å². The lowest BCUT2D eigenvalue weighted by atomic mass is 9.91. The normalized spacial score (nSPS) is 27.2. The van der Waals surface area contributed by atoms with E-state index in [0.29, 0.717) is 36.0 Å². The maximum absolute atomic E-state index is 17.1. The van der Waals surface area contributed by atoms with Crippen molar-refractivity contribution in [2.24, 2.45) is 5.92 Å². The van der Waals surface area contributed by atoms with E-state index in [-0.39, 0.29) is 96.3 Å². The Labute approximate surface area is 270 Å². The van der Waals surface area contributed by atoms with Crippen LogP contribution in [-0.2, 0) is 6.42 Å². The lowest BCUT2D eigenvalue weighted by Gasteiger charge is -2.40. The Balaban J connectivity index is 1.31. The third kappa shape index (κ3) is 5.30. The number of aryl methyl sites for hydroxylation is 1. The molecule has 4 aliphatic heterocycles. The number of phenols is 1. The number of aromatic hydroxyl groups is 1. The molecule has 47 heavy (non-hydrogen) atoms. The summed E-state index contributed by atoms with van der Waals surface area (Å²) >= 11 is 0. The van der Waals surface area contributed by atoms with Crippen LogP contribution < -0.4 is 25.0 Å². The van der Waals surface area contributed by atoms with E-state index >= 15 is 8.78 Å². The molecule has 2 bridgehead atoms. The van der Waals surface area contributed by atoms with Gasteiger partial charge in [0, 0.05) is 31.7 Å². The summed E-state index contributed by atoms with van der Waals surface area (Å²) < 4.78 is 60.9. The van der Waals surface area contributed by atoms with Gasteiger partial charge < -0.3 is 35.2 Å². The molecule has 3 aromatic carbocycles. The molecule has 0 aliphatic carbocycles. The van der Waals surface area contributed by atoms with Crippen LogP contribution >= 0.6 is 0 Å². The molecule has 8 rings (SSSR count). The zero-order valence-electron chi connectivity index (χ0n) is 26.1. The third-order valence-corrected chi connectivity index (χ3v) is 10.3. The van der Waals surface area contributed by atoms with Gasteiger partial charge in [-0.05, 0) is 72.1 Å². The van der Waals surface area contributed by atoms with E-state index in [1.807, 2.05) is 19.1 Å². The van der Waals surface area contributed by atoms with Gasteiger partial charge in [0.15, 0.2) is 17.4 Å². The number of hydrogen-bond donors (Lipinski definition) is 4. The first-order valence-electron chi connectivity index (χ1n) is 16.6. The average Bonchev–Trinajstić information content (AvgIpc) is 3.35. The molecule has 1 aromatic heterocycles. The van der Waals surface area contributed by atoms with Crippen LogP contribution in [0.25, 0.3) is 32.8 Å². The van der Waals surface area contributed by atoms with E-state index in [1.165, 1.54) is 6.07 Å². The maximum atomic E-state index is 17.1. The first-order valence-corrected chi connectivity index (χ1v) is 16.6. The maximum Gasteiger partial charge on any atom is 0.319 e. The molecule has 0 spiro atoms. The number of rotatable bonds is 5. The highest BCUT2D eigenvalue weighted by atomic mass is 19.1. The quantitative estimate of drug-likeness (QED) is 0.243. The Bertz CT molecular complexity index is 1850. The van der Waals surface area contributed by atoms with Gasteiger partial charge in [-0.25, -0.2) is 13.2 Å². The highest BCUT2D eigenvalue weighted by Gasteiger charge is 2.44.